The molecule has 3 aliphatic rings. The van der Waals surface area contributed by atoms with Gasteiger partial charge in [0, 0.05) is 27.8 Å². The van der Waals surface area contributed by atoms with Crippen molar-refractivity contribution in [3.05, 3.63) is 99.6 Å². The number of halogens is 3. The first-order valence-corrected chi connectivity index (χ1v) is 14.5. The van der Waals surface area contributed by atoms with Crippen LogP contribution in [0.4, 0.5) is 20.2 Å². The van der Waals surface area contributed by atoms with E-state index in [9.17, 15) is 13.6 Å². The summed E-state index contributed by atoms with van der Waals surface area (Å²) in [4.78, 5) is 26.0. The van der Waals surface area contributed by atoms with Crippen LogP contribution in [0.5, 0.6) is 0 Å². The molecule has 2 unspecified atom stereocenters. The zero-order valence-electron chi connectivity index (χ0n) is 23.4. The highest BCUT2D eigenvalue weighted by Crippen LogP contribution is 2.33. The van der Waals surface area contributed by atoms with E-state index in [0.717, 1.165) is 36.2 Å². The number of nitrogens with zero attached hydrogens (tertiary/aromatic N) is 3. The average Bonchev–Trinajstić information content (AvgIpc) is 3.36. The molecular formula is C32H30ClF2N7O. The highest BCUT2D eigenvalue weighted by molar-refractivity contribution is 6.31. The van der Waals surface area contributed by atoms with Crippen molar-refractivity contribution >= 4 is 52.2 Å². The topological polar surface area (TPSA) is 116 Å². The summed E-state index contributed by atoms with van der Waals surface area (Å²) in [6, 6.07) is 16.2. The molecule has 2 atom stereocenters. The SMILES string of the molecule is CC1CCC(C(=O)NC(N)=Nc2ccc(NC3=NCC4=C(N3)c3ccc(Cl)cc3C(c3c(F)cccc3F)=NC4)cc2)C1. The van der Waals surface area contributed by atoms with Gasteiger partial charge in [-0.2, -0.15) is 0 Å². The fourth-order valence-electron chi connectivity index (χ4n) is 5.68. The lowest BCUT2D eigenvalue weighted by Crippen LogP contribution is -2.39. The monoisotopic (exact) mass is 601 g/mol. The van der Waals surface area contributed by atoms with Gasteiger partial charge in [-0.1, -0.05) is 30.7 Å². The van der Waals surface area contributed by atoms with Gasteiger partial charge in [0.1, 0.15) is 11.6 Å². The number of hydrogen-bond donors (Lipinski definition) is 4. The minimum Gasteiger partial charge on any atom is -0.369 e. The second-order valence-electron chi connectivity index (χ2n) is 11.0. The number of nitrogens with two attached hydrogens (primary N) is 1. The molecule has 0 aromatic heterocycles. The molecule has 0 bridgehead atoms. The summed E-state index contributed by atoms with van der Waals surface area (Å²) >= 11 is 6.32. The first-order valence-electron chi connectivity index (χ1n) is 14.1. The van der Waals surface area contributed by atoms with E-state index in [1.54, 1.807) is 24.3 Å². The summed E-state index contributed by atoms with van der Waals surface area (Å²) in [7, 11) is 0. The van der Waals surface area contributed by atoms with Crippen LogP contribution < -0.4 is 21.7 Å². The Bertz CT molecular complexity index is 1690. The summed E-state index contributed by atoms with van der Waals surface area (Å²) < 4.78 is 29.6. The standard InChI is InChI=1S/C32H30ClF2N7O/c1-17-5-6-18(13-17)30(43)42-31(36)39-21-8-10-22(11-9-21)40-32-38-16-19-15-37-29(27-25(34)3-2-4-26(27)35)24-14-20(33)7-12-23(24)28(19)41-32/h2-4,7-12,14,17-18H,5-6,13,15-16H2,1H3,(H2,38,40,41)(H3,36,39,42,43). The van der Waals surface area contributed by atoms with E-state index < -0.39 is 11.6 Å². The van der Waals surface area contributed by atoms with E-state index in [0.29, 0.717) is 40.3 Å². The zero-order valence-corrected chi connectivity index (χ0v) is 24.2. The van der Waals surface area contributed by atoms with Gasteiger partial charge in [0.25, 0.3) is 0 Å². The van der Waals surface area contributed by atoms with Gasteiger partial charge in [-0.15, -0.1) is 0 Å². The van der Waals surface area contributed by atoms with E-state index in [4.69, 9.17) is 17.3 Å². The van der Waals surface area contributed by atoms with E-state index in [-0.39, 0.29) is 35.6 Å². The number of guanidine groups is 2. The maximum atomic E-state index is 14.8. The van der Waals surface area contributed by atoms with Crippen LogP contribution in [0.1, 0.15) is 42.9 Å². The number of amides is 1. The molecular weight excluding hydrogens is 572 g/mol. The fourth-order valence-corrected chi connectivity index (χ4v) is 5.85. The zero-order chi connectivity index (χ0) is 30.1. The van der Waals surface area contributed by atoms with Crippen molar-refractivity contribution in [2.24, 2.45) is 32.5 Å². The summed E-state index contributed by atoms with van der Waals surface area (Å²) in [5, 5.41) is 9.74. The number of rotatable bonds is 4. The van der Waals surface area contributed by atoms with Gasteiger partial charge in [-0.05, 0) is 79.3 Å². The molecule has 11 heteroatoms. The van der Waals surface area contributed by atoms with Crippen LogP contribution in [0, 0.1) is 23.5 Å². The highest BCUT2D eigenvalue weighted by Gasteiger charge is 2.28. The molecule has 0 saturated heterocycles. The molecule has 220 valence electrons. The molecule has 2 aliphatic heterocycles. The molecule has 1 fully saturated rings. The van der Waals surface area contributed by atoms with Crippen LogP contribution in [0.15, 0.2) is 81.2 Å². The average molecular weight is 602 g/mol. The third-order valence-corrected chi connectivity index (χ3v) is 8.09. The van der Waals surface area contributed by atoms with Crippen molar-refractivity contribution < 1.29 is 13.6 Å². The minimum absolute atomic E-state index is 0.0223. The molecule has 0 radical (unpaired) electrons. The molecule has 3 aromatic carbocycles. The Labute approximate surface area is 252 Å². The normalized spacial score (nSPS) is 19.9. The highest BCUT2D eigenvalue weighted by atomic mass is 35.5. The number of anilines is 1. The number of aliphatic imine (C=N–C) groups is 3. The molecule has 1 aliphatic carbocycles. The molecule has 5 N–H and O–H groups in total. The van der Waals surface area contributed by atoms with Gasteiger partial charge in [0.05, 0.1) is 35.7 Å². The van der Waals surface area contributed by atoms with E-state index in [1.165, 1.54) is 18.2 Å². The molecule has 1 saturated carbocycles. The fraction of sp³-hybridized carbons (Fsp3) is 0.250. The Balaban J connectivity index is 1.17. The van der Waals surface area contributed by atoms with Crippen LogP contribution in [0.25, 0.3) is 5.70 Å². The number of benzene rings is 3. The number of carbonyl (C=O) groups is 1. The minimum atomic E-state index is -0.698. The molecule has 6 rings (SSSR count). The van der Waals surface area contributed by atoms with Crippen LogP contribution in [0.2, 0.25) is 5.02 Å². The van der Waals surface area contributed by atoms with Gasteiger partial charge in [0.15, 0.2) is 0 Å². The summed E-state index contributed by atoms with van der Waals surface area (Å²) in [6.45, 7) is 2.69. The van der Waals surface area contributed by atoms with Gasteiger partial charge in [-0.25, -0.2) is 18.8 Å². The van der Waals surface area contributed by atoms with Gasteiger partial charge in [0.2, 0.25) is 17.8 Å². The third-order valence-electron chi connectivity index (χ3n) is 7.86. The lowest BCUT2D eigenvalue weighted by Gasteiger charge is -2.23. The van der Waals surface area contributed by atoms with E-state index >= 15 is 0 Å². The van der Waals surface area contributed by atoms with Crippen molar-refractivity contribution in [2.75, 3.05) is 18.4 Å². The van der Waals surface area contributed by atoms with Gasteiger partial charge in [-0.3, -0.25) is 15.1 Å². The molecule has 43 heavy (non-hydrogen) atoms. The second kappa shape index (κ2) is 12.0. The van der Waals surface area contributed by atoms with E-state index in [1.807, 2.05) is 18.2 Å². The largest absolute Gasteiger partial charge is 0.369 e. The number of fused-ring (bicyclic) bond motifs is 2. The number of hydrogen-bond acceptors (Lipinski definition) is 6. The van der Waals surface area contributed by atoms with Crippen LogP contribution in [0.3, 0.4) is 0 Å². The second-order valence-corrected chi connectivity index (χ2v) is 11.4. The molecule has 2 heterocycles. The lowest BCUT2D eigenvalue weighted by atomic mass is 9.94. The number of nitrogens with one attached hydrogen (secondary N) is 3. The quantitative estimate of drug-likeness (QED) is 0.225. The Morgan fingerprint density at radius 3 is 2.49 bits per heavy atom. The predicted octanol–water partition coefficient (Wildman–Crippen LogP) is 5.75. The van der Waals surface area contributed by atoms with Crippen LogP contribution in [-0.4, -0.2) is 36.6 Å². The predicted molar refractivity (Wildman–Crippen MR) is 167 cm³/mol. The lowest BCUT2D eigenvalue weighted by molar-refractivity contribution is -0.123. The number of carbonyl (C=O) groups excluding carboxylic acids is 1. The Hall–Kier alpha value is -4.57. The van der Waals surface area contributed by atoms with Gasteiger partial charge >= 0.3 is 0 Å². The van der Waals surface area contributed by atoms with Crippen molar-refractivity contribution in [1.29, 1.82) is 0 Å². The first kappa shape index (κ1) is 28.5. The van der Waals surface area contributed by atoms with Crippen molar-refractivity contribution in [3.8, 4) is 0 Å². The smallest absolute Gasteiger partial charge is 0.229 e. The van der Waals surface area contributed by atoms with Crippen molar-refractivity contribution in [3.63, 3.8) is 0 Å². The molecule has 1 amide bonds. The molecule has 3 aromatic rings. The van der Waals surface area contributed by atoms with Crippen LogP contribution in [-0.2, 0) is 4.79 Å². The summed E-state index contributed by atoms with van der Waals surface area (Å²) in [5.41, 5.74) is 10.2. The van der Waals surface area contributed by atoms with Crippen molar-refractivity contribution in [2.45, 2.75) is 26.2 Å². The first-order chi connectivity index (χ1) is 20.7. The summed E-state index contributed by atoms with van der Waals surface area (Å²) in [6.07, 6.45) is 2.79. The van der Waals surface area contributed by atoms with Gasteiger partial charge < -0.3 is 16.4 Å². The molecule has 0 spiro atoms. The van der Waals surface area contributed by atoms with E-state index in [2.05, 4.69) is 37.9 Å². The maximum absolute atomic E-state index is 14.8. The third kappa shape index (κ3) is 6.15. The Morgan fingerprint density at radius 2 is 1.77 bits per heavy atom. The van der Waals surface area contributed by atoms with Crippen molar-refractivity contribution in [1.82, 2.24) is 10.6 Å². The van der Waals surface area contributed by atoms with Crippen LogP contribution >= 0.6 is 11.6 Å². The summed E-state index contributed by atoms with van der Waals surface area (Å²) in [5.74, 6) is -0.400. The maximum Gasteiger partial charge on any atom is 0.229 e. The Kier molecular flexibility index (Phi) is 7.94. The Morgan fingerprint density at radius 1 is 1.02 bits per heavy atom. The molecule has 8 nitrogen and oxygen atoms in total.